The molecule has 0 aliphatic rings. The van der Waals surface area contributed by atoms with Crippen LogP contribution in [0, 0.1) is 0 Å². The lowest BCUT2D eigenvalue weighted by Gasteiger charge is -2.11. The molecule has 4 nitrogen and oxygen atoms in total. The number of fused-ring (bicyclic) bond motifs is 1. The van der Waals surface area contributed by atoms with Crippen molar-refractivity contribution < 1.29 is 18.0 Å². The van der Waals surface area contributed by atoms with Crippen LogP contribution in [0.4, 0.5) is 23.7 Å². The van der Waals surface area contributed by atoms with Gasteiger partial charge in [0.1, 0.15) is 0 Å². The number of rotatable bonds is 3. The maximum absolute atomic E-state index is 12.8. The summed E-state index contributed by atoms with van der Waals surface area (Å²) in [4.78, 5) is 15.0. The average molecular weight is 402 g/mol. The lowest BCUT2D eigenvalue weighted by atomic mass is 10.1. The minimum atomic E-state index is -4.51. The van der Waals surface area contributed by atoms with Gasteiger partial charge in [-0.3, -0.25) is 0 Å². The van der Waals surface area contributed by atoms with E-state index in [1.807, 2.05) is 0 Å². The number of H-pyrrole nitrogens is 1. The van der Waals surface area contributed by atoms with Gasteiger partial charge in [-0.15, -0.1) is 0 Å². The molecule has 2 aromatic carbocycles. The van der Waals surface area contributed by atoms with E-state index in [2.05, 4.69) is 15.6 Å². The summed E-state index contributed by atoms with van der Waals surface area (Å²) in [5.41, 5.74) is 0.561. The number of urea groups is 1. The Kier molecular flexibility index (Phi) is 5.02. The van der Waals surface area contributed by atoms with Crippen molar-refractivity contribution in [3.63, 3.8) is 0 Å². The zero-order valence-electron chi connectivity index (χ0n) is 13.0. The highest BCUT2D eigenvalue weighted by Crippen LogP contribution is 2.32. The number of benzene rings is 2. The van der Waals surface area contributed by atoms with Crippen molar-refractivity contribution in [1.82, 2.24) is 10.3 Å². The average Bonchev–Trinajstić information content (AvgIpc) is 3.00. The molecule has 1 aromatic heterocycles. The van der Waals surface area contributed by atoms with Crippen LogP contribution in [0.5, 0.6) is 0 Å². The molecule has 3 aromatic rings. The van der Waals surface area contributed by atoms with Crippen LogP contribution in [-0.4, -0.2) is 11.0 Å². The standard InChI is InChI=1S/C17H12Cl2F3N3O/c18-11-4-9(3-10(5-11)17(20,21)22)8-24-16(26)25-12-6-14(19)13-1-2-23-15(13)7-12/h1-7,23H,8H2,(H2,24,25,26). The highest BCUT2D eigenvalue weighted by molar-refractivity contribution is 6.35. The van der Waals surface area contributed by atoms with Crippen molar-refractivity contribution >= 4 is 45.8 Å². The Labute approximate surface area is 156 Å². The minimum absolute atomic E-state index is 0.0546. The number of alkyl halides is 3. The third-order valence-electron chi connectivity index (χ3n) is 3.61. The Balaban J connectivity index is 1.68. The number of halogens is 5. The molecule has 3 N–H and O–H groups in total. The fourth-order valence-electron chi connectivity index (χ4n) is 2.47. The van der Waals surface area contributed by atoms with E-state index in [1.165, 1.54) is 6.07 Å². The van der Waals surface area contributed by atoms with Gasteiger partial charge in [0.2, 0.25) is 0 Å². The smallest absolute Gasteiger partial charge is 0.361 e. The van der Waals surface area contributed by atoms with E-state index in [4.69, 9.17) is 23.2 Å². The van der Waals surface area contributed by atoms with Crippen LogP contribution in [0.25, 0.3) is 10.9 Å². The second-order valence-electron chi connectivity index (χ2n) is 5.55. The summed E-state index contributed by atoms with van der Waals surface area (Å²) in [5.74, 6) is 0. The van der Waals surface area contributed by atoms with Crippen molar-refractivity contribution in [3.05, 3.63) is 63.8 Å². The molecule has 0 spiro atoms. The Morgan fingerprint density at radius 1 is 1.12 bits per heavy atom. The molecule has 0 bridgehead atoms. The molecule has 0 saturated carbocycles. The Hall–Kier alpha value is -2.38. The molecule has 0 unspecified atom stereocenters. The second kappa shape index (κ2) is 7.09. The highest BCUT2D eigenvalue weighted by Gasteiger charge is 2.31. The quantitative estimate of drug-likeness (QED) is 0.509. The summed E-state index contributed by atoms with van der Waals surface area (Å²) in [7, 11) is 0. The van der Waals surface area contributed by atoms with Gasteiger partial charge in [-0.2, -0.15) is 13.2 Å². The van der Waals surface area contributed by atoms with Gasteiger partial charge in [-0.1, -0.05) is 23.2 Å². The lowest BCUT2D eigenvalue weighted by molar-refractivity contribution is -0.137. The number of carbonyl (C=O) groups is 1. The fraction of sp³-hybridized carbons (Fsp3) is 0.118. The lowest BCUT2D eigenvalue weighted by Crippen LogP contribution is -2.28. The van der Waals surface area contributed by atoms with Gasteiger partial charge in [0.25, 0.3) is 0 Å². The van der Waals surface area contributed by atoms with Crippen LogP contribution >= 0.6 is 23.2 Å². The van der Waals surface area contributed by atoms with E-state index < -0.39 is 17.8 Å². The molecule has 0 aliphatic heterocycles. The Bertz CT molecular complexity index is 970. The second-order valence-corrected chi connectivity index (χ2v) is 6.39. The molecular weight excluding hydrogens is 390 g/mol. The molecule has 0 saturated heterocycles. The zero-order chi connectivity index (χ0) is 18.9. The van der Waals surface area contributed by atoms with Crippen LogP contribution in [0.1, 0.15) is 11.1 Å². The van der Waals surface area contributed by atoms with Crippen molar-refractivity contribution in [2.45, 2.75) is 12.7 Å². The number of hydrogen-bond donors (Lipinski definition) is 3. The number of amides is 2. The van der Waals surface area contributed by atoms with Crippen molar-refractivity contribution in [2.75, 3.05) is 5.32 Å². The minimum Gasteiger partial charge on any atom is -0.361 e. The third-order valence-corrected chi connectivity index (χ3v) is 4.15. The summed E-state index contributed by atoms with van der Waals surface area (Å²) in [6, 6.07) is 7.63. The summed E-state index contributed by atoms with van der Waals surface area (Å²) in [5, 5.41) is 6.29. The maximum atomic E-state index is 12.8. The molecular formula is C17H12Cl2F3N3O. The predicted octanol–water partition coefficient (Wildman–Crippen LogP) is 5.82. The van der Waals surface area contributed by atoms with E-state index in [0.29, 0.717) is 10.7 Å². The molecule has 0 radical (unpaired) electrons. The van der Waals surface area contributed by atoms with Crippen LogP contribution < -0.4 is 10.6 Å². The van der Waals surface area contributed by atoms with Gasteiger partial charge in [-0.25, -0.2) is 4.79 Å². The molecule has 0 atom stereocenters. The molecule has 9 heteroatoms. The Morgan fingerprint density at radius 3 is 2.62 bits per heavy atom. The topological polar surface area (TPSA) is 56.9 Å². The van der Waals surface area contributed by atoms with Crippen LogP contribution in [0.3, 0.4) is 0 Å². The summed E-state index contributed by atoms with van der Waals surface area (Å²) < 4.78 is 38.4. The van der Waals surface area contributed by atoms with E-state index in [0.717, 1.165) is 23.0 Å². The normalized spacial score (nSPS) is 11.6. The number of aromatic nitrogens is 1. The number of hydrogen-bond acceptors (Lipinski definition) is 1. The molecule has 1 heterocycles. The Morgan fingerprint density at radius 2 is 1.88 bits per heavy atom. The van der Waals surface area contributed by atoms with Gasteiger partial charge >= 0.3 is 12.2 Å². The van der Waals surface area contributed by atoms with Gasteiger partial charge in [0, 0.05) is 34.4 Å². The zero-order valence-corrected chi connectivity index (χ0v) is 14.6. The van der Waals surface area contributed by atoms with E-state index in [-0.39, 0.29) is 17.1 Å². The first-order chi connectivity index (χ1) is 12.2. The van der Waals surface area contributed by atoms with Crippen LogP contribution in [-0.2, 0) is 12.7 Å². The monoisotopic (exact) mass is 401 g/mol. The van der Waals surface area contributed by atoms with Crippen molar-refractivity contribution in [2.24, 2.45) is 0 Å². The van der Waals surface area contributed by atoms with Crippen LogP contribution in [0.2, 0.25) is 10.0 Å². The summed E-state index contributed by atoms with van der Waals surface area (Å²) in [6.45, 7) is -0.117. The van der Waals surface area contributed by atoms with Gasteiger partial charge < -0.3 is 15.6 Å². The summed E-state index contributed by atoms with van der Waals surface area (Å²) in [6.07, 6.45) is -2.79. The number of aromatic amines is 1. The number of nitrogens with one attached hydrogen (secondary N) is 3. The molecule has 136 valence electrons. The highest BCUT2D eigenvalue weighted by atomic mass is 35.5. The first-order valence-electron chi connectivity index (χ1n) is 7.40. The third kappa shape index (κ3) is 4.23. The van der Waals surface area contributed by atoms with Crippen LogP contribution in [0.15, 0.2) is 42.6 Å². The van der Waals surface area contributed by atoms with E-state index in [9.17, 15) is 18.0 Å². The maximum Gasteiger partial charge on any atom is 0.416 e. The largest absolute Gasteiger partial charge is 0.416 e. The molecule has 26 heavy (non-hydrogen) atoms. The number of carbonyl (C=O) groups excluding carboxylic acids is 1. The SMILES string of the molecule is O=C(NCc1cc(Cl)cc(C(F)(F)F)c1)Nc1cc(Cl)c2cc[nH]c2c1. The predicted molar refractivity (Wildman–Crippen MR) is 95.6 cm³/mol. The first kappa shape index (κ1) is 18.4. The fourth-order valence-corrected chi connectivity index (χ4v) is 3.01. The van der Waals surface area contributed by atoms with Crippen molar-refractivity contribution in [3.8, 4) is 0 Å². The van der Waals surface area contributed by atoms with E-state index in [1.54, 1.807) is 24.4 Å². The van der Waals surface area contributed by atoms with Gasteiger partial charge in [0.05, 0.1) is 10.6 Å². The summed E-state index contributed by atoms with van der Waals surface area (Å²) >= 11 is 11.8. The number of anilines is 1. The molecule has 0 fully saturated rings. The van der Waals surface area contributed by atoms with Gasteiger partial charge in [-0.05, 0) is 42.0 Å². The molecule has 0 aliphatic carbocycles. The molecule has 3 rings (SSSR count). The first-order valence-corrected chi connectivity index (χ1v) is 8.16. The van der Waals surface area contributed by atoms with E-state index >= 15 is 0 Å². The molecule has 2 amide bonds. The van der Waals surface area contributed by atoms with Gasteiger partial charge in [0.15, 0.2) is 0 Å². The van der Waals surface area contributed by atoms with Crippen molar-refractivity contribution in [1.29, 1.82) is 0 Å².